The van der Waals surface area contributed by atoms with Crippen LogP contribution < -0.4 is 18.9 Å². The molecule has 2 aromatic heterocycles. The van der Waals surface area contributed by atoms with E-state index < -0.39 is 42.6 Å². The Hall–Kier alpha value is -3.75. The van der Waals surface area contributed by atoms with Crippen LogP contribution in [0, 0.1) is 5.82 Å². The lowest BCUT2D eigenvalue weighted by Crippen LogP contribution is -2.43. The zero-order valence-corrected chi connectivity index (χ0v) is 19.0. The summed E-state index contributed by atoms with van der Waals surface area (Å²) in [4.78, 5) is 25.1. The fraction of sp³-hybridized carbons (Fsp3) is 0.360. The second kappa shape index (κ2) is 9.24. The van der Waals surface area contributed by atoms with Gasteiger partial charge in [0.25, 0.3) is 0 Å². The van der Waals surface area contributed by atoms with Gasteiger partial charge in [0.15, 0.2) is 28.7 Å². The van der Waals surface area contributed by atoms with Crippen LogP contribution in [0.15, 0.2) is 30.4 Å². The summed E-state index contributed by atoms with van der Waals surface area (Å²) in [6.45, 7) is -1.70. The first-order valence-corrected chi connectivity index (χ1v) is 10.2. The van der Waals surface area contributed by atoms with E-state index in [0.29, 0.717) is 0 Å². The molecular weight excluding hydrogens is 441 g/mol. The quantitative estimate of drug-likeness (QED) is 0.514. The largest absolute Gasteiger partial charge is 0.493 e. The summed E-state index contributed by atoms with van der Waals surface area (Å²) in [7, 11) is 4.02. The Balaban J connectivity index is 1.71. The van der Waals surface area contributed by atoms with Crippen LogP contribution in [-0.4, -0.2) is 47.7 Å². The normalized spacial score (nSPS) is 20.4. The van der Waals surface area contributed by atoms with Crippen molar-refractivity contribution < 1.29 is 37.7 Å². The number of carbonyl (C=O) groups is 1. The van der Waals surface area contributed by atoms with E-state index >= 15 is 0 Å². The number of fused-ring (bicyclic) bond motifs is 1. The molecule has 1 atom stereocenters. The first-order valence-electron chi connectivity index (χ1n) is 13.7. The molecule has 0 N–H and O–H groups in total. The number of ketones is 1. The maximum atomic E-state index is 14.8. The predicted molar refractivity (Wildman–Crippen MR) is 121 cm³/mol. The molecule has 0 radical (unpaired) electrons. The van der Waals surface area contributed by atoms with E-state index in [9.17, 15) is 9.18 Å². The molecule has 1 aliphatic rings. The smallest absolute Gasteiger partial charge is 0.203 e. The number of nitrogens with zero attached hydrogens (tertiary/aromatic N) is 3. The van der Waals surface area contributed by atoms with Gasteiger partial charge >= 0.3 is 0 Å². The summed E-state index contributed by atoms with van der Waals surface area (Å²) in [5, 5.41) is 0. The minimum Gasteiger partial charge on any atom is -0.493 e. The van der Waals surface area contributed by atoms with E-state index in [0.717, 1.165) is 13.1 Å². The lowest BCUT2D eigenvalue weighted by atomic mass is 9.95. The van der Waals surface area contributed by atoms with Crippen LogP contribution in [0.25, 0.3) is 0 Å². The van der Waals surface area contributed by atoms with Crippen molar-refractivity contribution in [3.05, 3.63) is 64.7 Å². The van der Waals surface area contributed by atoms with Gasteiger partial charge < -0.3 is 18.9 Å². The van der Waals surface area contributed by atoms with Gasteiger partial charge in [-0.15, -0.1) is 0 Å². The van der Waals surface area contributed by atoms with Gasteiger partial charge in [-0.2, -0.15) is 0 Å². The van der Waals surface area contributed by atoms with Crippen LogP contribution >= 0.6 is 0 Å². The third-order valence-corrected chi connectivity index (χ3v) is 5.11. The van der Waals surface area contributed by atoms with Gasteiger partial charge in [-0.25, -0.2) is 14.4 Å². The van der Waals surface area contributed by atoms with Gasteiger partial charge in [-0.1, -0.05) is 0 Å². The number of aromatic nitrogens is 3. The van der Waals surface area contributed by atoms with Crippen molar-refractivity contribution in [2.45, 2.75) is 38.6 Å². The molecule has 34 heavy (non-hydrogen) atoms. The van der Waals surface area contributed by atoms with Crippen molar-refractivity contribution in [3.8, 4) is 23.0 Å². The van der Waals surface area contributed by atoms with Crippen LogP contribution in [0.3, 0.4) is 0 Å². The Bertz CT molecular complexity index is 1520. The molecule has 1 unspecified atom stereocenters. The number of Topliss-reactive ketones (excluding diaryl/α,β-unsaturated/α-hetero) is 1. The Morgan fingerprint density at radius 2 is 1.88 bits per heavy atom. The second-order valence-electron chi connectivity index (χ2n) is 7.58. The highest BCUT2D eigenvalue weighted by Gasteiger charge is 2.36. The van der Waals surface area contributed by atoms with Gasteiger partial charge in [0.2, 0.25) is 5.75 Å². The molecule has 9 heteroatoms. The predicted octanol–water partition coefficient (Wildman–Crippen LogP) is 3.50. The average Bonchev–Trinajstić information content (AvgIpc) is 2.91. The van der Waals surface area contributed by atoms with Crippen molar-refractivity contribution in [1.29, 1.82) is 0 Å². The molecule has 0 saturated heterocycles. The standard InChI is InChI=1S/C25H26FN3O5/c1-25(2)22(30)12-18-19(34-25)7-6-15(28-18)11-17-16(26)13-27-23(29-17)10-14-8-20(31-3)24(33-5)21(9-14)32-4/h6-9,13H,10-12H2,1-5H3/i1D3,6D,7D,8D,9D. The SMILES string of the molecule is [2H]c1c(Cc2nc(Cc3c([2H])c(OC)c(OC)c(OC)c3[2H])ncc2F)nc2c(c1[2H])OC(C)(C([2H])([2H])[2H])C(=O)C2. The van der Waals surface area contributed by atoms with E-state index in [1.54, 1.807) is 0 Å². The van der Waals surface area contributed by atoms with Crippen molar-refractivity contribution >= 4 is 5.78 Å². The number of halogens is 1. The molecule has 178 valence electrons. The minimum atomic E-state index is -2.81. The van der Waals surface area contributed by atoms with Crippen LogP contribution in [-0.2, 0) is 24.1 Å². The molecule has 3 heterocycles. The molecule has 3 aromatic rings. The number of rotatable bonds is 7. The van der Waals surface area contributed by atoms with Crippen LogP contribution in [0.1, 0.15) is 51.8 Å². The summed E-state index contributed by atoms with van der Waals surface area (Å²) in [6.07, 6.45) is -0.0744. The Morgan fingerprint density at radius 3 is 2.53 bits per heavy atom. The van der Waals surface area contributed by atoms with Gasteiger partial charge in [0.1, 0.15) is 11.6 Å². The highest BCUT2D eigenvalue weighted by Crippen LogP contribution is 2.38. The zero-order chi connectivity index (χ0) is 30.4. The van der Waals surface area contributed by atoms with Crippen LogP contribution in [0.5, 0.6) is 23.0 Å². The number of hydrogen-bond acceptors (Lipinski definition) is 8. The molecule has 1 aromatic carbocycles. The molecule has 0 bridgehead atoms. The fourth-order valence-corrected chi connectivity index (χ4v) is 3.37. The molecular formula is C25H26FN3O5. The number of carbonyl (C=O) groups excluding carboxylic acids is 1. The first kappa shape index (κ1) is 16.0. The monoisotopic (exact) mass is 474 g/mol. The molecule has 0 fully saturated rings. The summed E-state index contributed by atoms with van der Waals surface area (Å²) in [5.41, 5.74) is -2.36. The number of ether oxygens (including phenoxy) is 4. The molecule has 0 aliphatic carbocycles. The van der Waals surface area contributed by atoms with Crippen molar-refractivity contribution in [1.82, 2.24) is 15.0 Å². The van der Waals surface area contributed by atoms with Crippen LogP contribution in [0.2, 0.25) is 0 Å². The van der Waals surface area contributed by atoms with Crippen molar-refractivity contribution in [3.63, 3.8) is 0 Å². The topological polar surface area (TPSA) is 92.7 Å². The summed E-state index contributed by atoms with van der Waals surface area (Å²) >= 11 is 0. The second-order valence-corrected chi connectivity index (χ2v) is 7.58. The Kier molecular flexibility index (Phi) is 4.34. The third kappa shape index (κ3) is 4.64. The average molecular weight is 475 g/mol. The lowest BCUT2D eigenvalue weighted by Gasteiger charge is -2.30. The number of pyridine rings is 1. The molecule has 0 saturated carbocycles. The summed E-state index contributed by atoms with van der Waals surface area (Å²) in [6, 6.07) is -1.26. The summed E-state index contributed by atoms with van der Waals surface area (Å²) < 4.78 is 93.0. The number of benzene rings is 1. The van der Waals surface area contributed by atoms with E-state index in [1.165, 1.54) is 21.3 Å². The highest BCUT2D eigenvalue weighted by molar-refractivity contribution is 5.90. The highest BCUT2D eigenvalue weighted by atomic mass is 19.1. The number of methoxy groups -OCH3 is 3. The maximum Gasteiger partial charge on any atom is 0.203 e. The minimum absolute atomic E-state index is 0.0301. The van der Waals surface area contributed by atoms with Gasteiger partial charge in [0.05, 0.1) is 50.8 Å². The van der Waals surface area contributed by atoms with Gasteiger partial charge in [0, 0.05) is 22.6 Å². The van der Waals surface area contributed by atoms with Crippen molar-refractivity contribution in [2.24, 2.45) is 0 Å². The third-order valence-electron chi connectivity index (χ3n) is 5.11. The van der Waals surface area contributed by atoms with E-state index in [2.05, 4.69) is 15.0 Å². The zero-order valence-electron chi connectivity index (χ0n) is 26.0. The fourth-order valence-electron chi connectivity index (χ4n) is 3.37. The van der Waals surface area contributed by atoms with Crippen LogP contribution in [0.4, 0.5) is 4.39 Å². The Labute approximate surface area is 206 Å². The molecule has 1 aliphatic heterocycles. The van der Waals surface area contributed by atoms with E-state index in [1.807, 2.05) is 0 Å². The van der Waals surface area contributed by atoms with Gasteiger partial charge in [-0.05, 0) is 43.5 Å². The first-order chi connectivity index (χ1) is 19.2. The van der Waals surface area contributed by atoms with Gasteiger partial charge in [-0.3, -0.25) is 9.78 Å². The lowest BCUT2D eigenvalue weighted by molar-refractivity contribution is -0.132. The Morgan fingerprint density at radius 1 is 1.15 bits per heavy atom. The maximum absolute atomic E-state index is 14.8. The molecule has 4 rings (SSSR count). The van der Waals surface area contributed by atoms with E-state index in [-0.39, 0.29) is 76.4 Å². The molecule has 0 amide bonds. The van der Waals surface area contributed by atoms with E-state index in [4.69, 9.17) is 28.5 Å². The summed E-state index contributed by atoms with van der Waals surface area (Å²) in [5.74, 6) is -1.70. The number of hydrogen-bond donors (Lipinski definition) is 0. The molecule has 8 nitrogen and oxygen atoms in total. The molecule has 0 spiro atoms. The van der Waals surface area contributed by atoms with Crippen molar-refractivity contribution in [2.75, 3.05) is 21.3 Å².